The number of hydrogen-bond donors (Lipinski definition) is 18. The number of carbonyl (C=O) groups is 10. The summed E-state index contributed by atoms with van der Waals surface area (Å²) in [7, 11) is 8.77. The number of likely N-dealkylation sites (N-methyl/N-ethyl adjacent to an activating group) is 1. The summed E-state index contributed by atoms with van der Waals surface area (Å²) in [6.45, 7) is 12.9. The Kier molecular flexibility index (Phi) is 44.3. The van der Waals surface area contributed by atoms with Crippen molar-refractivity contribution in [3.63, 3.8) is 0 Å². The molecule has 0 radical (unpaired) electrons. The number of thioether (sulfide) groups is 1. The SMILES string of the molecule is CCC(O)C(OC)C(O)C(O)Oc1c(I)c(C)c(C(=O)SC2C(O)CC(ONC3C(C)OC(O[C@H]4C#C/C=C\C#C[C@]5(O)CC(=O)C(NC(=O)OC)=C4/C5=C\CSSC(C)CCC(=O)NC4C(O)OC(CO)C(O)C4O)C(OC4CC(OC)C(N(CC)C(=O)CNC(=O)OCc5ccc(NC(=O)[C@H](C)NC(=O)[C@@H](NC(=O)CCCC(=O)O)C(C)C)cc5)CO4)C3O)OC2C)c(OC)c1OC. The van der Waals surface area contributed by atoms with Crippen molar-refractivity contribution in [2.75, 3.05) is 72.9 Å². The van der Waals surface area contributed by atoms with Gasteiger partial charge in [0.1, 0.15) is 80.1 Å². The molecule has 4 fully saturated rings. The molecule has 22 unspecified atom stereocenters. The van der Waals surface area contributed by atoms with Crippen LogP contribution in [0, 0.1) is 40.1 Å². The third kappa shape index (κ3) is 30.2. The van der Waals surface area contributed by atoms with Gasteiger partial charge < -0.3 is 149 Å². The van der Waals surface area contributed by atoms with Crippen LogP contribution in [0.1, 0.15) is 135 Å². The van der Waals surface area contributed by atoms with Gasteiger partial charge in [-0.25, -0.2) is 9.59 Å². The molecule has 18 N–H and O–H groups in total. The second kappa shape index (κ2) is 53.3. The third-order valence-electron chi connectivity index (χ3n) is 22.9. The average Bonchev–Trinajstić information content (AvgIpc) is 0.745. The molecule has 0 spiro atoms. The number of benzene rings is 2. The fourth-order valence-corrected chi connectivity index (χ4v) is 19.4. The van der Waals surface area contributed by atoms with Gasteiger partial charge in [0.15, 0.2) is 48.0 Å². The molecule has 6 aliphatic rings. The van der Waals surface area contributed by atoms with Crippen molar-refractivity contribution >= 4 is 120 Å². The van der Waals surface area contributed by atoms with Gasteiger partial charge in [0.2, 0.25) is 46.7 Å². The van der Waals surface area contributed by atoms with Gasteiger partial charge in [-0.2, -0.15) is 5.48 Å². The number of aliphatic hydroxyl groups excluding tert-OH is 9. The van der Waals surface area contributed by atoms with Gasteiger partial charge in [-0.15, -0.1) is 0 Å². The Balaban J connectivity index is 0.995. The maximum absolute atomic E-state index is 14.6. The number of nitrogens with one attached hydrogen (secondary N) is 7. The predicted octanol–water partition coefficient (Wildman–Crippen LogP) is 0.992. The Labute approximate surface area is 806 Å². The number of halogens is 1. The standard InChI is InChI=1S/C88H123IN8O35S3/c1-15-51(99)74(120-11)73(110)83(114)131-76-65(89)43(6)63(75(121-12)78(76)122-13)84(115)134-79-46(9)126-62(34-52(79)100)132-96-67-45(8)127-85(129-54-22-19-17-18-20-32-88(118)36-53(101)68(95-87(117)123-14)64(54)49(88)31-33-133-135-42(5)25-30-58(103)94-69-71(108)70(107)56(38-98)128-82(69)113)77(72(67)109)130-61-35-55(119-10)50(40-124-61)97(16-2)59(104)37-90-86(116)125-39-47-26-28-48(29-27-47)92-80(111)44(7)91-81(112)66(41(3)4)93-57(102)23-21-24-60(105)106/h17-18,26-29,31,41-42,44-46,50-52,54-56,61-62,66-67,69-74,77,79,82-83,85,96,98-100,107-110,113-114,118H,15-16,21,23-25,30,33-40H2,1-14H3,(H,90,116)(H,91,112)(H,92,111)(H,93,102)(H,94,103)(H,95,117)(H,105,106)/b18-17-,49-31+/t42?,44-,45?,46?,50?,51?,52?,54-,55?,56?,61?,62?,66-,67?,69?,70?,71?,72?,73?,74?,77?,79?,82?,83?,85?,88-/m0/s1. The molecule has 7 amide bonds. The highest BCUT2D eigenvalue weighted by Crippen LogP contribution is 2.49. The van der Waals surface area contributed by atoms with Crippen molar-refractivity contribution < 1.29 is 171 Å². The molecule has 4 saturated heterocycles. The fraction of sp³-hybridized carbons (Fsp3) is 0.636. The minimum absolute atomic E-state index is 0.000884. The Hall–Kier alpha value is -8.14. The van der Waals surface area contributed by atoms with Crippen LogP contribution < -0.4 is 51.6 Å². The van der Waals surface area contributed by atoms with Gasteiger partial charge in [0.25, 0.3) is 0 Å². The van der Waals surface area contributed by atoms with E-state index < -0.39 is 236 Å². The summed E-state index contributed by atoms with van der Waals surface area (Å²) >= 11 is 2.60. The Bertz CT molecular complexity index is 4640. The quantitative estimate of drug-likeness (QED) is 0.0110. The monoisotopic (exact) mass is 2070 g/mol. The van der Waals surface area contributed by atoms with E-state index in [9.17, 15) is 99.0 Å². The first-order valence-electron chi connectivity index (χ1n) is 43.6. The van der Waals surface area contributed by atoms with Crippen molar-refractivity contribution in [2.24, 2.45) is 5.92 Å². The Morgan fingerprint density at radius 1 is 0.793 bits per heavy atom. The molecule has 26 atom stereocenters. The Morgan fingerprint density at radius 2 is 1.50 bits per heavy atom. The number of fused-ring (bicyclic) bond motifs is 2. The number of carboxylic acids is 1. The lowest BCUT2D eigenvalue weighted by atomic mass is 9.75. The molecular formula is C88H123IN8O35S3. The maximum Gasteiger partial charge on any atom is 0.411 e. The van der Waals surface area contributed by atoms with Gasteiger partial charge in [0.05, 0.1) is 104 Å². The number of allylic oxidation sites excluding steroid dienone is 3. The fourth-order valence-electron chi connectivity index (χ4n) is 15.4. The minimum atomic E-state index is -2.32. The molecule has 47 heteroatoms. The zero-order chi connectivity index (χ0) is 99.6. The summed E-state index contributed by atoms with van der Waals surface area (Å²) < 4.78 is 77.5. The van der Waals surface area contributed by atoms with Crippen molar-refractivity contribution in [1.29, 1.82) is 0 Å². The number of carboxylic acid groups (broad SMARTS) is 1. The number of amides is 7. The first-order valence-corrected chi connectivity index (χ1v) is 47.9. The molecule has 2 bridgehead atoms. The maximum atomic E-state index is 14.6. The molecule has 8 rings (SSSR count). The number of hydrogen-bond acceptors (Lipinski definition) is 38. The lowest BCUT2D eigenvalue weighted by Gasteiger charge is -2.47. The van der Waals surface area contributed by atoms with E-state index in [4.69, 9.17) is 71.5 Å². The van der Waals surface area contributed by atoms with Crippen molar-refractivity contribution in [3.05, 3.63) is 79.6 Å². The van der Waals surface area contributed by atoms with Crippen LogP contribution in [0.5, 0.6) is 17.2 Å². The van der Waals surface area contributed by atoms with Crippen LogP contribution in [0.25, 0.3) is 0 Å². The van der Waals surface area contributed by atoms with E-state index in [-0.39, 0.29) is 126 Å². The van der Waals surface area contributed by atoms with E-state index in [1.807, 2.05) is 29.5 Å². The number of ether oxygens (including phenoxy) is 13. The molecule has 4 heterocycles. The van der Waals surface area contributed by atoms with Gasteiger partial charge in [-0.3, -0.25) is 48.5 Å². The minimum Gasteiger partial charge on any atom is -0.492 e. The van der Waals surface area contributed by atoms with Crippen LogP contribution in [0.15, 0.2) is 59.3 Å². The number of nitrogens with zero attached hydrogens (tertiary/aromatic N) is 1. The number of hydroxylamine groups is 1. The topological polar surface area (TPSA) is 610 Å². The van der Waals surface area contributed by atoms with Gasteiger partial charge in [-0.05, 0) is 118 Å². The highest BCUT2D eigenvalue weighted by Gasteiger charge is 2.53. The number of alkyl carbamates (subject to hydrolysis) is 2. The Morgan fingerprint density at radius 3 is 2.13 bits per heavy atom. The molecule has 0 aromatic heterocycles. The molecule has 135 heavy (non-hydrogen) atoms. The first kappa shape index (κ1) is 112. The summed E-state index contributed by atoms with van der Waals surface area (Å²) in [5.41, 5.74) is 0.866. The van der Waals surface area contributed by atoms with Crippen LogP contribution in [0.4, 0.5) is 15.3 Å². The molecule has 750 valence electrons. The lowest BCUT2D eigenvalue weighted by Crippen LogP contribution is -2.65. The van der Waals surface area contributed by atoms with E-state index in [0.29, 0.717) is 16.8 Å². The van der Waals surface area contributed by atoms with Crippen LogP contribution in [-0.2, 0) is 92.4 Å². The largest absolute Gasteiger partial charge is 0.492 e. The summed E-state index contributed by atoms with van der Waals surface area (Å²) in [4.78, 5) is 141. The number of ketones is 1. The van der Waals surface area contributed by atoms with Crippen molar-refractivity contribution in [3.8, 4) is 40.9 Å². The highest BCUT2D eigenvalue weighted by atomic mass is 127. The number of aliphatic hydroxyl groups is 10. The van der Waals surface area contributed by atoms with Crippen molar-refractivity contribution in [2.45, 2.75) is 284 Å². The number of methoxy groups -OCH3 is 5. The molecule has 2 aromatic rings. The lowest BCUT2D eigenvalue weighted by molar-refractivity contribution is -0.337. The second-order valence-corrected chi connectivity index (χ2v) is 37.8. The molecule has 0 saturated carbocycles. The van der Waals surface area contributed by atoms with Crippen LogP contribution in [-0.4, -0.2) is 344 Å². The molecule has 2 aliphatic carbocycles. The van der Waals surface area contributed by atoms with E-state index in [1.54, 1.807) is 53.7 Å². The average molecular weight is 2080 g/mol. The zero-order valence-electron chi connectivity index (χ0n) is 76.9. The van der Waals surface area contributed by atoms with E-state index in [2.05, 4.69) is 61.1 Å². The smallest absolute Gasteiger partial charge is 0.411 e. The number of anilines is 1. The molecule has 4 aliphatic heterocycles. The van der Waals surface area contributed by atoms with E-state index >= 15 is 0 Å². The van der Waals surface area contributed by atoms with E-state index in [0.717, 1.165) is 18.9 Å². The zero-order valence-corrected chi connectivity index (χ0v) is 81.5. The predicted molar refractivity (Wildman–Crippen MR) is 492 cm³/mol. The normalized spacial score (nSPS) is 28.2. The number of carbonyl (C=O) groups excluding carboxylic acids is 9. The molecule has 43 nitrogen and oxygen atoms in total. The summed E-state index contributed by atoms with van der Waals surface area (Å²) in [6, 6.07) is 0.508. The van der Waals surface area contributed by atoms with Crippen molar-refractivity contribution in [1.82, 2.24) is 37.0 Å². The highest BCUT2D eigenvalue weighted by molar-refractivity contribution is 14.1. The van der Waals surface area contributed by atoms with Gasteiger partial charge >= 0.3 is 18.2 Å². The van der Waals surface area contributed by atoms with Gasteiger partial charge in [0, 0.05) is 80.7 Å². The first-order chi connectivity index (χ1) is 64.1. The number of rotatable bonds is 45. The van der Waals surface area contributed by atoms with E-state index in [1.165, 1.54) is 99.1 Å². The summed E-state index contributed by atoms with van der Waals surface area (Å²) in [6.07, 6.45) is -25.6. The van der Waals surface area contributed by atoms with Crippen LogP contribution in [0.2, 0.25) is 0 Å². The van der Waals surface area contributed by atoms with Crippen LogP contribution >= 0.6 is 55.9 Å². The third-order valence-corrected chi connectivity index (χ3v) is 28.4. The summed E-state index contributed by atoms with van der Waals surface area (Å²) in [5.74, 6) is 5.74. The second-order valence-electron chi connectivity index (χ2n) is 32.7. The summed E-state index contributed by atoms with van der Waals surface area (Å²) in [5, 5.41) is 134. The number of aliphatic carboxylic acids is 1. The molecule has 2 aromatic carbocycles. The molecular weight excluding hydrogens is 1950 g/mol. The van der Waals surface area contributed by atoms with Crippen LogP contribution in [0.3, 0.4) is 0 Å². The van der Waals surface area contributed by atoms with Gasteiger partial charge in [-0.1, -0.05) is 103 Å². The number of Topliss-reactive ketones (excluding diaryl/α,β-unsaturated/α-hetero) is 1.